The second-order valence-electron chi connectivity index (χ2n) is 15.7. The Bertz CT molecular complexity index is 2870. The van der Waals surface area contributed by atoms with Crippen LogP contribution < -0.4 is 4.90 Å². The summed E-state index contributed by atoms with van der Waals surface area (Å²) in [5.74, 6) is 0. The molecule has 0 aliphatic heterocycles. The van der Waals surface area contributed by atoms with Crippen LogP contribution in [0.25, 0.3) is 66.8 Å². The fourth-order valence-corrected chi connectivity index (χ4v) is 8.92. The summed E-state index contributed by atoms with van der Waals surface area (Å²) in [4.78, 5) is 2.43. The first kappa shape index (κ1) is 35.2. The molecule has 1 aliphatic rings. The smallest absolute Gasteiger partial charge is 0.0468 e. The van der Waals surface area contributed by atoms with Crippen molar-refractivity contribution in [3.63, 3.8) is 0 Å². The van der Waals surface area contributed by atoms with Crippen LogP contribution in [0, 0.1) is 0 Å². The lowest BCUT2D eigenvalue weighted by atomic mass is 9.82. The van der Waals surface area contributed by atoms with Crippen LogP contribution in [0.2, 0.25) is 0 Å². The maximum Gasteiger partial charge on any atom is 0.0468 e. The molecule has 0 aromatic heterocycles. The first-order chi connectivity index (χ1) is 28.5. The number of hydrogen-bond acceptors (Lipinski definition) is 1. The van der Waals surface area contributed by atoms with E-state index in [9.17, 15) is 0 Å². The van der Waals surface area contributed by atoms with Gasteiger partial charge in [0, 0.05) is 22.5 Å². The van der Waals surface area contributed by atoms with E-state index in [1.54, 1.807) is 0 Å². The van der Waals surface area contributed by atoms with Crippen LogP contribution in [-0.2, 0) is 5.41 Å². The average Bonchev–Trinajstić information content (AvgIpc) is 3.53. The van der Waals surface area contributed by atoms with Gasteiger partial charge < -0.3 is 4.90 Å². The molecule has 276 valence electrons. The zero-order valence-electron chi connectivity index (χ0n) is 32.8. The van der Waals surface area contributed by atoms with Gasteiger partial charge in [0.2, 0.25) is 0 Å². The van der Waals surface area contributed by atoms with Gasteiger partial charge in [-0.05, 0) is 114 Å². The van der Waals surface area contributed by atoms with Crippen molar-refractivity contribution in [2.45, 2.75) is 19.3 Å². The molecule has 10 rings (SSSR count). The van der Waals surface area contributed by atoms with Crippen LogP contribution in [-0.4, -0.2) is 0 Å². The normalized spacial score (nSPS) is 12.4. The minimum Gasteiger partial charge on any atom is -0.310 e. The predicted octanol–water partition coefficient (Wildman–Crippen LogP) is 15.8. The topological polar surface area (TPSA) is 3.24 Å². The third kappa shape index (κ3) is 6.32. The number of hydrogen-bond donors (Lipinski definition) is 0. The van der Waals surface area contributed by atoms with Gasteiger partial charge in [-0.3, -0.25) is 0 Å². The molecule has 9 aromatic carbocycles. The molecule has 1 nitrogen and oxygen atoms in total. The van der Waals surface area contributed by atoms with E-state index in [-0.39, 0.29) is 5.41 Å². The number of fused-ring (bicyclic) bond motifs is 3. The van der Waals surface area contributed by atoms with Crippen LogP contribution in [0.3, 0.4) is 0 Å². The minimum atomic E-state index is -0.124. The molecule has 0 N–H and O–H groups in total. The highest BCUT2D eigenvalue weighted by Crippen LogP contribution is 2.51. The van der Waals surface area contributed by atoms with Gasteiger partial charge >= 0.3 is 0 Å². The summed E-state index contributed by atoms with van der Waals surface area (Å²) in [6.45, 7) is 4.72. The number of rotatable bonds is 8. The highest BCUT2D eigenvalue weighted by Gasteiger charge is 2.35. The summed E-state index contributed by atoms with van der Waals surface area (Å²) >= 11 is 0. The third-order valence-corrected chi connectivity index (χ3v) is 11.9. The molecule has 1 aliphatic carbocycles. The van der Waals surface area contributed by atoms with E-state index in [2.05, 4.69) is 243 Å². The van der Waals surface area contributed by atoms with E-state index in [1.807, 2.05) is 0 Å². The van der Waals surface area contributed by atoms with Crippen molar-refractivity contribution in [1.82, 2.24) is 0 Å². The van der Waals surface area contributed by atoms with Crippen molar-refractivity contribution in [3.05, 3.63) is 236 Å². The maximum absolute atomic E-state index is 2.43. The van der Waals surface area contributed by atoms with Crippen LogP contribution in [0.15, 0.2) is 224 Å². The van der Waals surface area contributed by atoms with E-state index < -0.39 is 0 Å². The molecule has 0 saturated heterocycles. The quantitative estimate of drug-likeness (QED) is 0.150. The molecular weight excluding hydrogens is 699 g/mol. The summed E-state index contributed by atoms with van der Waals surface area (Å²) < 4.78 is 0. The Kier molecular flexibility index (Phi) is 8.92. The van der Waals surface area contributed by atoms with E-state index in [0.717, 1.165) is 17.1 Å². The molecular formula is C57H43N. The fourth-order valence-electron chi connectivity index (χ4n) is 8.92. The lowest BCUT2D eigenvalue weighted by Crippen LogP contribution is -2.16. The highest BCUT2D eigenvalue weighted by molar-refractivity contribution is 5.95. The Morgan fingerprint density at radius 1 is 0.259 bits per heavy atom. The zero-order chi connectivity index (χ0) is 39.1. The zero-order valence-corrected chi connectivity index (χ0v) is 32.8. The molecule has 0 bridgehead atoms. The Balaban J connectivity index is 1.17. The molecule has 0 heterocycles. The van der Waals surface area contributed by atoms with Crippen LogP contribution in [0.1, 0.15) is 25.0 Å². The summed E-state index contributed by atoms with van der Waals surface area (Å²) in [7, 11) is 0. The standard InChI is InChI=1S/C57H43N/c1-57(2)55-25-15-14-24-52(55)53-37-35-48(39-56(53)57)58(46-32-30-43(31-33-46)41-18-8-4-9-19-41)47-34-36-51(50-23-13-12-22-49(50)44-20-10-5-11-21-44)54(38-47)45-28-26-42(27-29-45)40-16-6-3-7-17-40/h3-39H,1-2H3. The lowest BCUT2D eigenvalue weighted by molar-refractivity contribution is 0.660. The monoisotopic (exact) mass is 741 g/mol. The van der Waals surface area contributed by atoms with Crippen LogP contribution in [0.5, 0.6) is 0 Å². The first-order valence-corrected chi connectivity index (χ1v) is 20.2. The fraction of sp³-hybridized carbons (Fsp3) is 0.0526. The minimum absolute atomic E-state index is 0.124. The van der Waals surface area contributed by atoms with Gasteiger partial charge in [-0.1, -0.05) is 202 Å². The summed E-state index contributed by atoms with van der Waals surface area (Å²) in [5, 5.41) is 0. The molecule has 0 saturated carbocycles. The second-order valence-corrected chi connectivity index (χ2v) is 15.7. The number of nitrogens with zero attached hydrogens (tertiary/aromatic N) is 1. The van der Waals surface area contributed by atoms with Crippen LogP contribution >= 0.6 is 0 Å². The Hall–Kier alpha value is -7.22. The largest absolute Gasteiger partial charge is 0.310 e. The van der Waals surface area contributed by atoms with E-state index in [0.29, 0.717) is 0 Å². The Morgan fingerprint density at radius 2 is 0.638 bits per heavy atom. The van der Waals surface area contributed by atoms with E-state index >= 15 is 0 Å². The van der Waals surface area contributed by atoms with Crippen molar-refractivity contribution in [2.24, 2.45) is 0 Å². The number of anilines is 3. The van der Waals surface area contributed by atoms with Gasteiger partial charge in [-0.2, -0.15) is 0 Å². The SMILES string of the molecule is CC1(C)c2ccccc2-c2ccc(N(c3ccc(-c4ccccc4)cc3)c3ccc(-c4ccccc4-c4ccccc4)c(-c4ccc(-c5ccccc5)cc4)c3)cc21. The third-order valence-electron chi connectivity index (χ3n) is 11.9. The average molecular weight is 742 g/mol. The molecule has 1 heteroatoms. The second kappa shape index (κ2) is 14.7. The molecule has 0 unspecified atom stereocenters. The van der Waals surface area contributed by atoms with E-state index in [4.69, 9.17) is 0 Å². The van der Waals surface area contributed by atoms with Gasteiger partial charge in [-0.25, -0.2) is 0 Å². The van der Waals surface area contributed by atoms with Gasteiger partial charge in [0.15, 0.2) is 0 Å². The van der Waals surface area contributed by atoms with E-state index in [1.165, 1.54) is 77.9 Å². The molecule has 0 amide bonds. The van der Waals surface area contributed by atoms with Gasteiger partial charge in [0.1, 0.15) is 0 Å². The molecule has 0 atom stereocenters. The van der Waals surface area contributed by atoms with Crippen molar-refractivity contribution >= 4 is 17.1 Å². The van der Waals surface area contributed by atoms with Crippen LogP contribution in [0.4, 0.5) is 17.1 Å². The highest BCUT2D eigenvalue weighted by atomic mass is 15.1. The van der Waals surface area contributed by atoms with Crippen molar-refractivity contribution in [2.75, 3.05) is 4.90 Å². The molecule has 0 spiro atoms. The number of benzene rings is 9. The summed E-state index contributed by atoms with van der Waals surface area (Å²) in [6, 6.07) is 81.9. The first-order valence-electron chi connectivity index (χ1n) is 20.2. The van der Waals surface area contributed by atoms with Gasteiger partial charge in [0.05, 0.1) is 0 Å². The van der Waals surface area contributed by atoms with Gasteiger partial charge in [-0.15, -0.1) is 0 Å². The maximum atomic E-state index is 2.43. The van der Waals surface area contributed by atoms with Crippen molar-refractivity contribution in [3.8, 4) is 66.8 Å². The lowest BCUT2D eigenvalue weighted by Gasteiger charge is -2.29. The van der Waals surface area contributed by atoms with Crippen molar-refractivity contribution in [1.29, 1.82) is 0 Å². The molecule has 0 radical (unpaired) electrons. The van der Waals surface area contributed by atoms with Crippen molar-refractivity contribution < 1.29 is 0 Å². The summed E-state index contributed by atoms with van der Waals surface area (Å²) in [6.07, 6.45) is 0. The van der Waals surface area contributed by atoms with Gasteiger partial charge in [0.25, 0.3) is 0 Å². The Morgan fingerprint density at radius 3 is 1.26 bits per heavy atom. The summed E-state index contributed by atoms with van der Waals surface area (Å²) in [5.41, 5.74) is 20.6. The predicted molar refractivity (Wildman–Crippen MR) is 246 cm³/mol. The molecule has 58 heavy (non-hydrogen) atoms. The molecule has 9 aromatic rings. The Labute approximate surface area is 342 Å². The molecule has 0 fully saturated rings.